The molecule has 1 radical (unpaired) electrons. The molecule has 0 aliphatic carbocycles. The van der Waals surface area contributed by atoms with Crippen molar-refractivity contribution < 1.29 is 18.1 Å². The van der Waals surface area contributed by atoms with Gasteiger partial charge in [0.1, 0.15) is 0 Å². The maximum absolute atomic E-state index is 11.1. The molecule has 0 saturated carbocycles. The fraction of sp³-hybridized carbons (Fsp3) is 0.900. The zero-order valence-corrected chi connectivity index (χ0v) is 13.3. The number of ether oxygens (including phenoxy) is 2. The van der Waals surface area contributed by atoms with Gasteiger partial charge in [-0.25, -0.2) is 0 Å². The normalized spacial score (nSPS) is 39.2. The Morgan fingerprint density at radius 3 is 2.44 bits per heavy atom. The van der Waals surface area contributed by atoms with Gasteiger partial charge in [0.05, 0.1) is 6.10 Å². The molecule has 16 heavy (non-hydrogen) atoms. The molecule has 5 atom stereocenters. The Kier molecular flexibility index (Phi) is 6.02. The summed E-state index contributed by atoms with van der Waals surface area (Å²) in [7, 11) is 0. The second kappa shape index (κ2) is 6.55. The Labute approximate surface area is 114 Å². The molecule has 1 aliphatic rings. The smallest absolute Gasteiger partial charge is 0.473 e. The average molecular weight is 355 g/mol. The average Bonchev–Trinajstić information content (AvgIpc) is 2.21. The number of hydrogen-bond acceptors (Lipinski definition) is 4. The largest absolute Gasteiger partial charge is 0.526 e. The van der Waals surface area contributed by atoms with Gasteiger partial charge in [-0.1, -0.05) is 13.8 Å². The number of carbonyl (C=O) groups excluding carboxylic acids is 1. The molecule has 1 fully saturated rings. The molecular weight excluding hydrogens is 338 g/mol. The lowest BCUT2D eigenvalue weighted by molar-refractivity contribution is -0.242. The highest BCUT2D eigenvalue weighted by atomic mass is 127. The van der Waals surface area contributed by atoms with Crippen molar-refractivity contribution in [3.05, 3.63) is 0 Å². The summed E-state index contributed by atoms with van der Waals surface area (Å²) in [5.74, 6) is 0.327. The van der Waals surface area contributed by atoms with Gasteiger partial charge in [0.25, 0.3) is 0 Å². The Bertz CT molecular complexity index is 251. The van der Waals surface area contributed by atoms with Crippen molar-refractivity contribution in [1.82, 2.24) is 0 Å². The van der Waals surface area contributed by atoms with E-state index < -0.39 is 6.29 Å². The van der Waals surface area contributed by atoms with Gasteiger partial charge in [-0.05, 0) is 12.8 Å². The molecular formula is C10H17AlIO4. The zero-order chi connectivity index (χ0) is 12.3. The van der Waals surface area contributed by atoms with Crippen LogP contribution in [-0.2, 0) is 18.1 Å². The summed E-state index contributed by atoms with van der Waals surface area (Å²) in [6, 6.07) is 0. The molecule has 6 heteroatoms. The standard InChI is InChI=1S/C10H17O4.Al.HI/c1-5-6(2)9(14-8(4)11)10(12)13-7(5)3;;/h5-7,9-10H,1-4H3;;1H/q-1;+2;/p-1/t5-,6+,7?,9?,10-;;/m1../s1. The number of esters is 1. The van der Waals surface area contributed by atoms with Crippen LogP contribution in [0, 0.1) is 11.8 Å². The van der Waals surface area contributed by atoms with E-state index in [1.165, 1.54) is 6.92 Å². The van der Waals surface area contributed by atoms with Crippen LogP contribution in [0.4, 0.5) is 0 Å². The second-order valence-electron chi connectivity index (χ2n) is 4.23. The van der Waals surface area contributed by atoms with Crippen LogP contribution < -0.4 is 0 Å². The van der Waals surface area contributed by atoms with E-state index in [0.29, 0.717) is 5.92 Å². The van der Waals surface area contributed by atoms with Crippen LogP contribution in [0.3, 0.4) is 0 Å². The summed E-state index contributed by atoms with van der Waals surface area (Å²) in [5.41, 5.74) is 0. The van der Waals surface area contributed by atoms with Crippen molar-refractivity contribution in [2.75, 3.05) is 0 Å². The molecule has 0 aromatic rings. The van der Waals surface area contributed by atoms with E-state index in [0.717, 1.165) is 0 Å². The lowest BCUT2D eigenvalue weighted by atomic mass is 9.84. The summed E-state index contributed by atoms with van der Waals surface area (Å²) in [4.78, 5) is 11.1. The fourth-order valence-electron chi connectivity index (χ4n) is 1.90. The molecule has 0 aromatic heterocycles. The fourth-order valence-corrected chi connectivity index (χ4v) is 3.09. The van der Waals surface area contributed by atoms with Crippen LogP contribution >= 0.6 is 20.3 Å². The van der Waals surface area contributed by atoms with Crippen molar-refractivity contribution in [2.45, 2.75) is 46.2 Å². The highest BCUT2D eigenvalue weighted by Gasteiger charge is 2.41. The summed E-state index contributed by atoms with van der Waals surface area (Å²) in [6.07, 6.45) is -0.558. The molecule has 1 saturated heterocycles. The number of hydrogen-bond donors (Lipinski definition) is 0. The number of rotatable bonds is 3. The van der Waals surface area contributed by atoms with Crippen molar-refractivity contribution in [3.63, 3.8) is 0 Å². The molecule has 1 heterocycles. The molecule has 91 valence electrons. The molecule has 2 unspecified atom stereocenters. The molecule has 4 nitrogen and oxygen atoms in total. The van der Waals surface area contributed by atoms with Crippen LogP contribution in [0.5, 0.6) is 0 Å². The van der Waals surface area contributed by atoms with Crippen molar-refractivity contribution in [3.8, 4) is 0 Å². The first kappa shape index (κ1) is 14.7. The van der Waals surface area contributed by atoms with Gasteiger partial charge >= 0.3 is 18.2 Å². The van der Waals surface area contributed by atoms with Gasteiger partial charge in [0.15, 0.2) is 12.4 Å². The highest BCUT2D eigenvalue weighted by Crippen LogP contribution is 2.33. The van der Waals surface area contributed by atoms with E-state index in [4.69, 9.17) is 13.3 Å². The summed E-state index contributed by atoms with van der Waals surface area (Å²) in [5, 5.41) is 0. The Hall–Kier alpha value is 0.652. The van der Waals surface area contributed by atoms with Crippen LogP contribution in [-0.4, -0.2) is 36.7 Å². The Balaban J connectivity index is 2.75. The number of halogens is 1. The Morgan fingerprint density at radius 1 is 1.31 bits per heavy atom. The lowest BCUT2D eigenvalue weighted by Gasteiger charge is -2.43. The third kappa shape index (κ3) is 3.57. The maximum Gasteiger partial charge on any atom is 0.526 e. The summed E-state index contributed by atoms with van der Waals surface area (Å²) < 4.78 is 16.6. The van der Waals surface area contributed by atoms with Gasteiger partial charge in [0.2, 0.25) is 0 Å². The quantitative estimate of drug-likeness (QED) is 0.441. The van der Waals surface area contributed by atoms with Crippen molar-refractivity contribution >= 4 is 38.5 Å². The van der Waals surface area contributed by atoms with Crippen LogP contribution in [0.1, 0.15) is 27.7 Å². The minimum Gasteiger partial charge on any atom is -0.473 e. The van der Waals surface area contributed by atoms with E-state index in [9.17, 15) is 4.79 Å². The topological polar surface area (TPSA) is 44.8 Å². The maximum atomic E-state index is 11.1. The molecule has 0 bridgehead atoms. The minimum atomic E-state index is -0.406. The van der Waals surface area contributed by atoms with Crippen LogP contribution in [0.25, 0.3) is 0 Å². The van der Waals surface area contributed by atoms with Crippen LogP contribution in [0.2, 0.25) is 0 Å². The summed E-state index contributed by atoms with van der Waals surface area (Å²) in [6.45, 7) is 7.64. The SMILES string of the molecule is CC(=O)OC1[C@H]([O][Al][I])OC(C)[C@H](C)[C@@H]1C. The third-order valence-electron chi connectivity index (χ3n) is 3.19. The first-order chi connectivity index (χ1) is 7.47. The number of carbonyl (C=O) groups is 1. The molecule has 0 spiro atoms. The molecule has 1 aliphatic heterocycles. The van der Waals surface area contributed by atoms with Gasteiger partial charge in [0, 0.05) is 12.8 Å². The minimum absolute atomic E-state index is 0.133. The van der Waals surface area contributed by atoms with Gasteiger partial charge < -0.3 is 13.3 Å². The van der Waals surface area contributed by atoms with E-state index in [2.05, 4.69) is 34.1 Å². The van der Waals surface area contributed by atoms with Gasteiger partial charge in [-0.15, -0.1) is 0 Å². The zero-order valence-electron chi connectivity index (χ0n) is 9.98. The monoisotopic (exact) mass is 355 g/mol. The molecule has 1 rings (SSSR count). The predicted octanol–water partition coefficient (Wildman–Crippen LogP) is 1.92. The summed E-state index contributed by atoms with van der Waals surface area (Å²) >= 11 is 2.04. The third-order valence-corrected chi connectivity index (χ3v) is 4.44. The highest BCUT2D eigenvalue weighted by molar-refractivity contribution is 14.1. The van der Waals surface area contributed by atoms with E-state index >= 15 is 0 Å². The first-order valence-corrected chi connectivity index (χ1v) is 10.0. The molecule has 0 amide bonds. The molecule has 0 N–H and O–H groups in total. The van der Waals surface area contributed by atoms with Crippen molar-refractivity contribution in [1.29, 1.82) is 0 Å². The van der Waals surface area contributed by atoms with E-state index in [1.807, 2.05) is 6.92 Å². The Morgan fingerprint density at radius 2 is 1.94 bits per heavy atom. The van der Waals surface area contributed by atoms with Gasteiger partial charge in [-0.3, -0.25) is 4.79 Å². The van der Waals surface area contributed by atoms with Crippen molar-refractivity contribution in [2.24, 2.45) is 11.8 Å². The molecule has 0 aromatic carbocycles. The second-order valence-corrected chi connectivity index (χ2v) is 6.20. The van der Waals surface area contributed by atoms with E-state index in [-0.39, 0.29) is 36.4 Å². The first-order valence-electron chi connectivity index (χ1n) is 5.37. The van der Waals surface area contributed by atoms with Gasteiger partial charge in [-0.2, -0.15) is 20.3 Å². The lowest BCUT2D eigenvalue weighted by Crippen LogP contribution is -2.51. The predicted molar refractivity (Wildman–Crippen MR) is 69.1 cm³/mol. The van der Waals surface area contributed by atoms with E-state index in [1.54, 1.807) is 0 Å². The van der Waals surface area contributed by atoms with Crippen LogP contribution in [0.15, 0.2) is 0 Å².